The summed E-state index contributed by atoms with van der Waals surface area (Å²) in [6, 6.07) is 7.01. The highest BCUT2D eigenvalue weighted by molar-refractivity contribution is 7.89. The largest absolute Gasteiger partial charge is 0.416 e. The van der Waals surface area contributed by atoms with Crippen molar-refractivity contribution in [3.63, 3.8) is 0 Å². The third-order valence-corrected chi connectivity index (χ3v) is 7.04. The second kappa shape index (κ2) is 7.55. The number of sulfonamides is 1. The summed E-state index contributed by atoms with van der Waals surface area (Å²) < 4.78 is 65.6. The molecule has 162 valence electrons. The summed E-state index contributed by atoms with van der Waals surface area (Å²) in [6.07, 6.45) is -0.307. The predicted molar refractivity (Wildman–Crippen MR) is 108 cm³/mol. The molecule has 1 aromatic carbocycles. The van der Waals surface area contributed by atoms with Gasteiger partial charge < -0.3 is 9.88 Å². The van der Waals surface area contributed by atoms with Gasteiger partial charge in [-0.25, -0.2) is 18.1 Å². The fourth-order valence-corrected chi connectivity index (χ4v) is 5.01. The van der Waals surface area contributed by atoms with E-state index < -0.39 is 21.8 Å². The molecule has 0 unspecified atom stereocenters. The number of anilines is 1. The monoisotopic (exact) mass is 449 g/mol. The van der Waals surface area contributed by atoms with Gasteiger partial charge in [-0.1, -0.05) is 0 Å². The van der Waals surface area contributed by atoms with Crippen LogP contribution in [0.5, 0.6) is 0 Å². The Morgan fingerprint density at radius 3 is 2.52 bits per heavy atom. The molecular formula is C20H18F3N5O2S. The molecule has 0 atom stereocenters. The molecule has 0 spiro atoms. The Balaban J connectivity index is 1.45. The summed E-state index contributed by atoms with van der Waals surface area (Å²) in [5.41, 5.74) is 0.893. The molecule has 0 amide bonds. The number of aromatic nitrogens is 2. The highest BCUT2D eigenvalue weighted by atomic mass is 32.2. The van der Waals surface area contributed by atoms with Crippen LogP contribution < -0.4 is 9.62 Å². The Morgan fingerprint density at radius 2 is 1.90 bits per heavy atom. The average Bonchev–Trinajstić information content (AvgIpc) is 3.17. The van der Waals surface area contributed by atoms with Crippen molar-refractivity contribution in [3.8, 4) is 6.07 Å². The van der Waals surface area contributed by atoms with E-state index >= 15 is 0 Å². The fourth-order valence-electron chi connectivity index (χ4n) is 3.75. The van der Waals surface area contributed by atoms with Crippen LogP contribution in [0.3, 0.4) is 0 Å². The maximum absolute atomic E-state index is 12.7. The van der Waals surface area contributed by atoms with E-state index in [1.807, 2.05) is 18.0 Å². The molecule has 2 heterocycles. The fraction of sp³-hybridized carbons (Fsp3) is 0.300. The lowest BCUT2D eigenvalue weighted by molar-refractivity contribution is -0.137. The predicted octanol–water partition coefficient (Wildman–Crippen LogP) is 3.40. The van der Waals surface area contributed by atoms with Crippen LogP contribution in [-0.4, -0.2) is 37.5 Å². The molecule has 1 fully saturated rings. The summed E-state index contributed by atoms with van der Waals surface area (Å²) in [5.74, 6) is 0. The first-order valence-electron chi connectivity index (χ1n) is 9.39. The maximum Gasteiger partial charge on any atom is 0.416 e. The highest BCUT2D eigenvalue weighted by Crippen LogP contribution is 2.35. The van der Waals surface area contributed by atoms with Crippen molar-refractivity contribution in [1.29, 1.82) is 5.26 Å². The number of hydrogen-bond donors (Lipinski definition) is 2. The molecule has 0 aliphatic heterocycles. The molecule has 4 rings (SSSR count). The minimum atomic E-state index is -4.53. The van der Waals surface area contributed by atoms with Gasteiger partial charge in [-0.05, 0) is 43.2 Å². The summed E-state index contributed by atoms with van der Waals surface area (Å²) in [5, 5.41) is 10.2. The number of H-pyrrole nitrogens is 1. The number of pyridine rings is 1. The lowest BCUT2D eigenvalue weighted by Gasteiger charge is -2.42. The molecule has 0 radical (unpaired) electrons. The van der Waals surface area contributed by atoms with Crippen LogP contribution in [0.1, 0.15) is 24.0 Å². The summed E-state index contributed by atoms with van der Waals surface area (Å²) in [7, 11) is -2.10. The minimum Gasteiger partial charge on any atom is -0.370 e. The molecule has 1 aliphatic carbocycles. The Kier molecular flexibility index (Phi) is 5.15. The second-order valence-electron chi connectivity index (χ2n) is 7.45. The zero-order valence-corrected chi connectivity index (χ0v) is 17.1. The zero-order chi connectivity index (χ0) is 22.4. The highest BCUT2D eigenvalue weighted by Gasteiger charge is 2.37. The lowest BCUT2D eigenvalue weighted by Crippen LogP contribution is -2.53. The molecule has 2 N–H and O–H groups in total. The van der Waals surface area contributed by atoms with Crippen LogP contribution in [0.2, 0.25) is 0 Å². The standard InChI is InChI=1S/C20H18F3N5O2S/c1-28(18-12(10-24)11-26-19-17(18)6-7-25-19)15-8-14(9-15)27-31(29,30)16-4-2-13(3-5-16)20(21,22)23/h2-7,11,14-15,27H,8-9H2,1H3,(H,25,26)/t14-,15+. The van der Waals surface area contributed by atoms with Crippen molar-refractivity contribution in [3.05, 3.63) is 53.9 Å². The molecule has 0 saturated heterocycles. The number of nitriles is 1. The van der Waals surface area contributed by atoms with Crippen LogP contribution in [0.4, 0.5) is 18.9 Å². The van der Waals surface area contributed by atoms with Crippen molar-refractivity contribution >= 4 is 26.7 Å². The molecule has 11 heteroatoms. The molecule has 0 bridgehead atoms. The zero-order valence-electron chi connectivity index (χ0n) is 16.3. The summed E-state index contributed by atoms with van der Waals surface area (Å²) in [4.78, 5) is 8.94. The van der Waals surface area contributed by atoms with E-state index in [9.17, 15) is 26.9 Å². The number of hydrogen-bond acceptors (Lipinski definition) is 5. The van der Waals surface area contributed by atoms with Gasteiger partial charge in [0.05, 0.1) is 21.7 Å². The molecule has 2 aromatic heterocycles. The van der Waals surface area contributed by atoms with E-state index in [-0.39, 0.29) is 17.0 Å². The normalized spacial score (nSPS) is 19.1. The number of nitrogens with zero attached hydrogens (tertiary/aromatic N) is 3. The first kappa shape index (κ1) is 21.1. The molecule has 1 saturated carbocycles. The minimum absolute atomic E-state index is 0.00657. The van der Waals surface area contributed by atoms with Gasteiger partial charge in [0.15, 0.2) is 0 Å². The number of fused-ring (bicyclic) bond motifs is 1. The molecule has 1 aliphatic rings. The van der Waals surface area contributed by atoms with E-state index in [1.54, 1.807) is 6.20 Å². The number of rotatable bonds is 5. The Bertz CT molecular complexity index is 1260. The number of benzene rings is 1. The van der Waals surface area contributed by atoms with Crippen molar-refractivity contribution in [2.24, 2.45) is 0 Å². The van der Waals surface area contributed by atoms with E-state index in [4.69, 9.17) is 0 Å². The Hall–Kier alpha value is -3.10. The van der Waals surface area contributed by atoms with E-state index in [0.717, 1.165) is 35.3 Å². The van der Waals surface area contributed by atoms with Gasteiger partial charge in [0.25, 0.3) is 0 Å². The van der Waals surface area contributed by atoms with Gasteiger partial charge in [-0.2, -0.15) is 18.4 Å². The average molecular weight is 449 g/mol. The van der Waals surface area contributed by atoms with Crippen LogP contribution >= 0.6 is 0 Å². The second-order valence-corrected chi connectivity index (χ2v) is 9.16. The van der Waals surface area contributed by atoms with Crippen LogP contribution in [0.25, 0.3) is 11.0 Å². The van der Waals surface area contributed by atoms with Gasteiger partial charge in [0, 0.05) is 36.9 Å². The number of nitrogens with one attached hydrogen (secondary N) is 2. The Morgan fingerprint density at radius 1 is 1.23 bits per heavy atom. The summed E-state index contributed by atoms with van der Waals surface area (Å²) >= 11 is 0. The molecule has 7 nitrogen and oxygen atoms in total. The first-order chi connectivity index (χ1) is 14.6. The number of alkyl halides is 3. The smallest absolute Gasteiger partial charge is 0.370 e. The molecule has 3 aromatic rings. The quantitative estimate of drug-likeness (QED) is 0.622. The molecular weight excluding hydrogens is 431 g/mol. The molecule has 31 heavy (non-hydrogen) atoms. The van der Waals surface area contributed by atoms with Gasteiger partial charge in [0.1, 0.15) is 11.7 Å². The lowest BCUT2D eigenvalue weighted by atomic mass is 9.86. The van der Waals surface area contributed by atoms with Crippen LogP contribution in [0, 0.1) is 11.3 Å². The summed E-state index contributed by atoms with van der Waals surface area (Å²) in [6.45, 7) is 0. The van der Waals surface area contributed by atoms with Crippen molar-refractivity contribution < 1.29 is 21.6 Å². The van der Waals surface area contributed by atoms with E-state index in [1.165, 1.54) is 6.20 Å². The van der Waals surface area contributed by atoms with Crippen molar-refractivity contribution in [2.75, 3.05) is 11.9 Å². The van der Waals surface area contributed by atoms with Gasteiger partial charge in [-0.15, -0.1) is 0 Å². The van der Waals surface area contributed by atoms with E-state index in [0.29, 0.717) is 24.1 Å². The number of halogens is 3. The van der Waals surface area contributed by atoms with Gasteiger partial charge in [0.2, 0.25) is 10.0 Å². The topological polar surface area (TPSA) is 102 Å². The van der Waals surface area contributed by atoms with Gasteiger partial charge >= 0.3 is 6.18 Å². The Labute approximate surface area is 176 Å². The van der Waals surface area contributed by atoms with Crippen molar-refractivity contribution in [2.45, 2.75) is 36.0 Å². The van der Waals surface area contributed by atoms with E-state index in [2.05, 4.69) is 20.8 Å². The SMILES string of the molecule is CN(c1c(C#N)cnc2[nH]ccc12)[C@H]1C[C@@H](NS(=O)(=O)c2ccc(C(F)(F)F)cc2)C1. The van der Waals surface area contributed by atoms with Crippen LogP contribution in [-0.2, 0) is 16.2 Å². The van der Waals surface area contributed by atoms with Gasteiger partial charge in [-0.3, -0.25) is 0 Å². The number of aromatic amines is 1. The van der Waals surface area contributed by atoms with Crippen LogP contribution in [0.15, 0.2) is 47.6 Å². The third kappa shape index (κ3) is 3.96. The first-order valence-corrected chi connectivity index (χ1v) is 10.9. The van der Waals surface area contributed by atoms with Crippen molar-refractivity contribution in [1.82, 2.24) is 14.7 Å². The third-order valence-electron chi connectivity index (χ3n) is 5.51. The maximum atomic E-state index is 12.7.